The molecular formula is C19H27N3O2. The zero-order valence-corrected chi connectivity index (χ0v) is 14.4. The van der Waals surface area contributed by atoms with Crippen molar-refractivity contribution in [1.82, 2.24) is 4.90 Å². The minimum absolute atomic E-state index is 0.00813. The normalized spacial score (nSPS) is 23.5. The summed E-state index contributed by atoms with van der Waals surface area (Å²) >= 11 is 0. The number of anilines is 1. The Labute approximate surface area is 143 Å². The molecule has 2 aliphatic rings. The molecule has 1 saturated carbocycles. The Morgan fingerprint density at radius 2 is 1.96 bits per heavy atom. The number of carbonyl (C=O) groups excluding carboxylic acids is 2. The lowest BCUT2D eigenvalue weighted by Gasteiger charge is -2.19. The van der Waals surface area contributed by atoms with Crippen molar-refractivity contribution in [3.05, 3.63) is 29.3 Å². The molecule has 2 fully saturated rings. The summed E-state index contributed by atoms with van der Waals surface area (Å²) in [5.74, 6) is 0.338. The second-order valence-corrected chi connectivity index (χ2v) is 7.08. The Balaban J connectivity index is 1.68. The fraction of sp³-hybridized carbons (Fsp3) is 0.579. The van der Waals surface area contributed by atoms with Crippen molar-refractivity contribution in [3.63, 3.8) is 0 Å². The Morgan fingerprint density at radius 1 is 1.21 bits per heavy atom. The van der Waals surface area contributed by atoms with Crippen LogP contribution in [0, 0.1) is 12.8 Å². The van der Waals surface area contributed by atoms with E-state index in [1.807, 2.05) is 30.0 Å². The van der Waals surface area contributed by atoms with Gasteiger partial charge in [-0.3, -0.25) is 9.59 Å². The number of likely N-dealkylation sites (tertiary alicyclic amines) is 1. The van der Waals surface area contributed by atoms with Crippen LogP contribution in [0.4, 0.5) is 5.69 Å². The second kappa shape index (κ2) is 7.34. The lowest BCUT2D eigenvalue weighted by Crippen LogP contribution is -2.29. The number of hydrogen-bond donors (Lipinski definition) is 2. The molecule has 2 amide bonds. The first kappa shape index (κ1) is 17.0. The van der Waals surface area contributed by atoms with Crippen LogP contribution in [0.5, 0.6) is 0 Å². The van der Waals surface area contributed by atoms with Gasteiger partial charge in [0, 0.05) is 36.8 Å². The average molecular weight is 329 g/mol. The molecule has 130 valence electrons. The molecule has 0 aromatic heterocycles. The Kier molecular flexibility index (Phi) is 5.19. The van der Waals surface area contributed by atoms with Crippen molar-refractivity contribution in [3.8, 4) is 0 Å². The van der Waals surface area contributed by atoms with Crippen LogP contribution < -0.4 is 11.1 Å². The summed E-state index contributed by atoms with van der Waals surface area (Å²) in [6.07, 6.45) is 5.76. The average Bonchev–Trinajstić information content (AvgIpc) is 3.21. The Morgan fingerprint density at radius 3 is 2.62 bits per heavy atom. The molecule has 0 radical (unpaired) electrons. The van der Waals surface area contributed by atoms with Crippen LogP contribution in [0.3, 0.4) is 0 Å². The third-order valence-corrected chi connectivity index (χ3v) is 5.40. The van der Waals surface area contributed by atoms with Gasteiger partial charge in [0.2, 0.25) is 5.91 Å². The summed E-state index contributed by atoms with van der Waals surface area (Å²) in [6, 6.07) is 5.69. The highest BCUT2D eigenvalue weighted by Crippen LogP contribution is 2.28. The monoisotopic (exact) mass is 329 g/mol. The molecule has 0 bridgehead atoms. The van der Waals surface area contributed by atoms with E-state index in [1.165, 1.54) is 0 Å². The summed E-state index contributed by atoms with van der Waals surface area (Å²) < 4.78 is 0. The number of nitrogens with two attached hydrogens (primary N) is 1. The van der Waals surface area contributed by atoms with Gasteiger partial charge in [0.25, 0.3) is 5.91 Å². The summed E-state index contributed by atoms with van der Waals surface area (Å²) in [5, 5.41) is 2.98. The van der Waals surface area contributed by atoms with E-state index in [9.17, 15) is 9.59 Å². The largest absolute Gasteiger partial charge is 0.339 e. The van der Waals surface area contributed by atoms with E-state index in [2.05, 4.69) is 5.32 Å². The maximum atomic E-state index is 12.6. The number of nitrogens with one attached hydrogen (secondary N) is 1. The van der Waals surface area contributed by atoms with Crippen molar-refractivity contribution in [2.24, 2.45) is 11.7 Å². The van der Waals surface area contributed by atoms with Gasteiger partial charge >= 0.3 is 0 Å². The van der Waals surface area contributed by atoms with E-state index in [4.69, 9.17) is 5.73 Å². The first-order valence-corrected chi connectivity index (χ1v) is 9.00. The number of benzene rings is 1. The summed E-state index contributed by atoms with van der Waals surface area (Å²) in [6.45, 7) is 3.56. The third kappa shape index (κ3) is 3.61. The highest BCUT2D eigenvalue weighted by atomic mass is 16.2. The van der Waals surface area contributed by atoms with Gasteiger partial charge in [-0.2, -0.15) is 0 Å². The maximum absolute atomic E-state index is 12.6. The molecule has 1 aliphatic heterocycles. The molecule has 24 heavy (non-hydrogen) atoms. The zero-order chi connectivity index (χ0) is 17.1. The van der Waals surface area contributed by atoms with Crippen molar-refractivity contribution < 1.29 is 9.59 Å². The Hall–Kier alpha value is -1.88. The van der Waals surface area contributed by atoms with Gasteiger partial charge in [-0.1, -0.05) is 12.5 Å². The van der Waals surface area contributed by atoms with Crippen molar-refractivity contribution in [2.75, 3.05) is 18.4 Å². The smallest absolute Gasteiger partial charge is 0.254 e. The number of amides is 2. The molecule has 1 aliphatic carbocycles. The quantitative estimate of drug-likeness (QED) is 0.892. The van der Waals surface area contributed by atoms with E-state index in [-0.39, 0.29) is 23.8 Å². The third-order valence-electron chi connectivity index (χ3n) is 5.40. The molecule has 1 aromatic carbocycles. The molecule has 1 heterocycles. The van der Waals surface area contributed by atoms with Gasteiger partial charge in [0.15, 0.2) is 0 Å². The predicted molar refractivity (Wildman–Crippen MR) is 94.9 cm³/mol. The van der Waals surface area contributed by atoms with Gasteiger partial charge in [0.1, 0.15) is 0 Å². The van der Waals surface area contributed by atoms with Crippen LogP contribution in [-0.2, 0) is 4.79 Å². The van der Waals surface area contributed by atoms with Crippen LogP contribution in [-0.4, -0.2) is 35.8 Å². The van der Waals surface area contributed by atoms with Crippen LogP contribution in [0.1, 0.15) is 54.4 Å². The molecule has 5 heteroatoms. The van der Waals surface area contributed by atoms with Gasteiger partial charge < -0.3 is 16.0 Å². The fourth-order valence-corrected chi connectivity index (χ4v) is 3.85. The SMILES string of the molecule is Cc1c(NC(=O)C[C@@H]2CCC[C@H]2N)cccc1C(=O)N1CCCC1. The van der Waals surface area contributed by atoms with E-state index in [0.717, 1.165) is 56.4 Å². The van der Waals surface area contributed by atoms with Crippen molar-refractivity contribution in [2.45, 2.75) is 51.5 Å². The van der Waals surface area contributed by atoms with Crippen LogP contribution in [0.25, 0.3) is 0 Å². The molecule has 5 nitrogen and oxygen atoms in total. The first-order chi connectivity index (χ1) is 11.6. The minimum atomic E-state index is -0.00813. The zero-order valence-electron chi connectivity index (χ0n) is 14.4. The lowest BCUT2D eigenvalue weighted by atomic mass is 9.99. The van der Waals surface area contributed by atoms with E-state index in [0.29, 0.717) is 12.0 Å². The highest BCUT2D eigenvalue weighted by Gasteiger charge is 2.26. The number of carbonyl (C=O) groups is 2. The van der Waals surface area contributed by atoms with Crippen LogP contribution in [0.2, 0.25) is 0 Å². The minimum Gasteiger partial charge on any atom is -0.339 e. The van der Waals surface area contributed by atoms with E-state index < -0.39 is 0 Å². The van der Waals surface area contributed by atoms with E-state index >= 15 is 0 Å². The van der Waals surface area contributed by atoms with E-state index in [1.54, 1.807) is 0 Å². The molecule has 0 unspecified atom stereocenters. The van der Waals surface area contributed by atoms with Crippen LogP contribution >= 0.6 is 0 Å². The number of hydrogen-bond acceptors (Lipinski definition) is 3. The standard InChI is InChI=1S/C19H27N3O2/c1-13-15(19(24)22-10-2-3-11-22)7-5-9-17(13)21-18(23)12-14-6-4-8-16(14)20/h5,7,9,14,16H,2-4,6,8,10-12,20H2,1H3,(H,21,23)/t14-,16+/m0/s1. The number of nitrogens with zero attached hydrogens (tertiary/aromatic N) is 1. The van der Waals surface area contributed by atoms with Gasteiger partial charge in [-0.15, -0.1) is 0 Å². The first-order valence-electron chi connectivity index (χ1n) is 9.00. The molecule has 1 aromatic rings. The summed E-state index contributed by atoms with van der Waals surface area (Å²) in [5.41, 5.74) is 8.32. The van der Waals surface area contributed by atoms with Crippen molar-refractivity contribution >= 4 is 17.5 Å². The molecule has 0 spiro atoms. The maximum Gasteiger partial charge on any atom is 0.254 e. The van der Waals surface area contributed by atoms with Gasteiger partial charge in [-0.05, 0) is 56.2 Å². The summed E-state index contributed by atoms with van der Waals surface area (Å²) in [7, 11) is 0. The van der Waals surface area contributed by atoms with Crippen LogP contribution in [0.15, 0.2) is 18.2 Å². The van der Waals surface area contributed by atoms with Gasteiger partial charge in [0.05, 0.1) is 0 Å². The summed E-state index contributed by atoms with van der Waals surface area (Å²) in [4.78, 5) is 26.9. The second-order valence-electron chi connectivity index (χ2n) is 7.08. The lowest BCUT2D eigenvalue weighted by molar-refractivity contribution is -0.117. The number of rotatable bonds is 4. The molecule has 1 saturated heterocycles. The molecule has 3 rings (SSSR count). The van der Waals surface area contributed by atoms with Crippen molar-refractivity contribution in [1.29, 1.82) is 0 Å². The highest BCUT2D eigenvalue weighted by molar-refractivity contribution is 5.99. The molecular weight excluding hydrogens is 302 g/mol. The topological polar surface area (TPSA) is 75.4 Å². The predicted octanol–water partition coefficient (Wildman–Crippen LogP) is 2.69. The fourth-order valence-electron chi connectivity index (χ4n) is 3.85. The van der Waals surface area contributed by atoms with Gasteiger partial charge in [-0.25, -0.2) is 0 Å². The molecule has 3 N–H and O–H groups in total. The Bertz CT molecular complexity index is 623. The molecule has 2 atom stereocenters.